The number of amides is 1. The Labute approximate surface area is 157 Å². The third kappa shape index (κ3) is 4.75. The summed E-state index contributed by atoms with van der Waals surface area (Å²) < 4.78 is 0. The molecule has 0 heterocycles. The number of hydrazine groups is 2. The number of amidine groups is 1. The number of hydrogen-bond donors (Lipinski definition) is 4. The minimum Gasteiger partial charge on any atom is -0.321 e. The topological polar surface area (TPSA) is 109 Å². The predicted octanol–water partition coefficient (Wildman–Crippen LogP) is 1.94. The van der Waals surface area contributed by atoms with Crippen LogP contribution >= 0.6 is 11.8 Å². The van der Waals surface area contributed by atoms with Crippen molar-refractivity contribution >= 4 is 28.5 Å². The van der Waals surface area contributed by atoms with E-state index in [-0.39, 0.29) is 5.91 Å². The lowest BCUT2D eigenvalue weighted by molar-refractivity contribution is -0.121. The number of carbonyl (C=O) groups excluding carboxylic acids is 1. The molecule has 0 bridgehead atoms. The number of aryl methyl sites for hydroxylation is 2. The van der Waals surface area contributed by atoms with Crippen molar-refractivity contribution in [2.45, 2.75) is 19.1 Å². The van der Waals surface area contributed by atoms with Crippen LogP contribution in [0.4, 0.5) is 5.69 Å². The van der Waals surface area contributed by atoms with Gasteiger partial charge >= 0.3 is 0 Å². The maximum absolute atomic E-state index is 12.5. The van der Waals surface area contributed by atoms with E-state index in [2.05, 4.69) is 16.0 Å². The fourth-order valence-corrected chi connectivity index (χ4v) is 3.37. The van der Waals surface area contributed by atoms with Crippen LogP contribution in [0.5, 0.6) is 0 Å². The number of nitrogens with one attached hydrogen (secondary N) is 2. The first-order valence-corrected chi connectivity index (χ1v) is 8.94. The number of benzene rings is 2. The van der Waals surface area contributed by atoms with Crippen molar-refractivity contribution in [3.8, 4) is 0 Å². The Morgan fingerprint density at radius 2 is 1.88 bits per heavy atom. The van der Waals surface area contributed by atoms with Crippen LogP contribution in [0.1, 0.15) is 21.9 Å². The van der Waals surface area contributed by atoms with Crippen LogP contribution < -0.4 is 27.5 Å². The van der Waals surface area contributed by atoms with E-state index < -0.39 is 5.25 Å². The summed E-state index contributed by atoms with van der Waals surface area (Å²) in [6, 6.07) is 15.3. The van der Waals surface area contributed by atoms with Gasteiger partial charge < -0.3 is 5.84 Å². The highest BCUT2D eigenvalue weighted by Gasteiger charge is 2.26. The molecule has 138 valence electrons. The molecule has 2 rings (SSSR count). The summed E-state index contributed by atoms with van der Waals surface area (Å²) >= 11 is 1.18. The first-order chi connectivity index (χ1) is 12.5. The lowest BCUT2D eigenvalue weighted by Gasteiger charge is -2.24. The Balaban J connectivity index is 2.32. The lowest BCUT2D eigenvalue weighted by Crippen LogP contribution is -2.41. The van der Waals surface area contributed by atoms with Gasteiger partial charge in [-0.15, -0.1) is 0 Å². The summed E-state index contributed by atoms with van der Waals surface area (Å²) in [6.07, 6.45) is 0. The van der Waals surface area contributed by atoms with Crippen LogP contribution in [-0.2, 0) is 4.79 Å². The summed E-state index contributed by atoms with van der Waals surface area (Å²) in [7, 11) is 1.63. The highest BCUT2D eigenvalue weighted by Crippen LogP contribution is 2.32. The van der Waals surface area contributed by atoms with E-state index in [0.29, 0.717) is 5.17 Å². The lowest BCUT2D eigenvalue weighted by atomic mass is 10.1. The zero-order chi connectivity index (χ0) is 19.1. The molecule has 6 N–H and O–H groups in total. The number of hydrogen-bond acceptors (Lipinski definition) is 6. The largest absolute Gasteiger partial charge is 0.321 e. The van der Waals surface area contributed by atoms with E-state index in [4.69, 9.17) is 11.7 Å². The summed E-state index contributed by atoms with van der Waals surface area (Å²) in [6.45, 7) is 3.94. The fourth-order valence-electron chi connectivity index (χ4n) is 2.43. The SMILES string of the molecule is CNNC(=O)C(S/C(=N/N)N(N)c1cc(C)ccc1C)c1ccccc1. The van der Waals surface area contributed by atoms with Gasteiger partial charge in [0.25, 0.3) is 5.91 Å². The first-order valence-electron chi connectivity index (χ1n) is 8.06. The van der Waals surface area contributed by atoms with Gasteiger partial charge in [0.15, 0.2) is 0 Å². The van der Waals surface area contributed by atoms with Crippen molar-refractivity contribution in [3.63, 3.8) is 0 Å². The molecule has 0 aliphatic heterocycles. The second-order valence-electron chi connectivity index (χ2n) is 5.72. The van der Waals surface area contributed by atoms with Crippen LogP contribution in [0, 0.1) is 13.8 Å². The van der Waals surface area contributed by atoms with Gasteiger partial charge in [0, 0.05) is 7.05 Å². The molecule has 1 unspecified atom stereocenters. The van der Waals surface area contributed by atoms with Gasteiger partial charge in [0.2, 0.25) is 5.17 Å². The Morgan fingerprint density at radius 1 is 1.19 bits per heavy atom. The summed E-state index contributed by atoms with van der Waals surface area (Å²) in [4.78, 5) is 12.5. The standard InChI is InChI=1S/C18H24N6OS/c1-12-9-10-13(2)15(11-12)24(20)18(22-19)26-16(17(25)23-21-3)14-7-5-4-6-8-14/h4-11,16,21H,19-20H2,1-3H3,(H,23,25)/b22-18+. The number of thioether (sulfide) groups is 1. The van der Waals surface area contributed by atoms with E-state index in [1.807, 2.05) is 62.4 Å². The number of carbonyl (C=O) groups is 1. The monoisotopic (exact) mass is 372 g/mol. The van der Waals surface area contributed by atoms with E-state index in [1.165, 1.54) is 16.8 Å². The molecular weight excluding hydrogens is 348 g/mol. The van der Waals surface area contributed by atoms with Crippen molar-refractivity contribution in [2.75, 3.05) is 12.1 Å². The number of nitrogens with two attached hydrogens (primary N) is 2. The van der Waals surface area contributed by atoms with Crippen molar-refractivity contribution in [2.24, 2.45) is 16.8 Å². The molecule has 0 aliphatic carbocycles. The summed E-state index contributed by atoms with van der Waals surface area (Å²) in [5, 5.41) is 5.00. The maximum Gasteiger partial charge on any atom is 0.252 e. The van der Waals surface area contributed by atoms with Crippen molar-refractivity contribution in [3.05, 3.63) is 65.2 Å². The van der Waals surface area contributed by atoms with Gasteiger partial charge in [-0.25, -0.2) is 11.3 Å². The average Bonchev–Trinajstić information content (AvgIpc) is 2.65. The quantitative estimate of drug-likeness (QED) is 0.276. The van der Waals surface area contributed by atoms with Crippen molar-refractivity contribution < 1.29 is 4.79 Å². The third-order valence-electron chi connectivity index (χ3n) is 3.75. The molecule has 0 fully saturated rings. The second-order valence-corrected chi connectivity index (χ2v) is 6.79. The van der Waals surface area contributed by atoms with Gasteiger partial charge in [-0.2, -0.15) is 5.10 Å². The zero-order valence-corrected chi connectivity index (χ0v) is 15.9. The second kappa shape index (κ2) is 9.23. The molecule has 0 spiro atoms. The number of anilines is 1. The number of rotatable bonds is 5. The molecule has 1 atom stereocenters. The minimum absolute atomic E-state index is 0.223. The van der Waals surface area contributed by atoms with Gasteiger partial charge in [-0.3, -0.25) is 15.2 Å². The molecule has 1 amide bonds. The average molecular weight is 372 g/mol. The van der Waals surface area contributed by atoms with E-state index in [0.717, 1.165) is 22.4 Å². The molecule has 0 aliphatic rings. The predicted molar refractivity (Wildman–Crippen MR) is 108 cm³/mol. The number of hydrazone groups is 1. The Bertz CT molecular complexity index is 781. The zero-order valence-electron chi connectivity index (χ0n) is 15.1. The fraction of sp³-hybridized carbons (Fsp3) is 0.222. The van der Waals surface area contributed by atoms with Gasteiger partial charge in [-0.1, -0.05) is 54.2 Å². The van der Waals surface area contributed by atoms with E-state index in [9.17, 15) is 4.79 Å². The molecule has 2 aromatic rings. The van der Waals surface area contributed by atoms with Gasteiger partial charge in [0.05, 0.1) is 5.69 Å². The summed E-state index contributed by atoms with van der Waals surface area (Å²) in [5.41, 5.74) is 8.91. The maximum atomic E-state index is 12.5. The van der Waals surface area contributed by atoms with Crippen LogP contribution in [0.2, 0.25) is 0 Å². The highest BCUT2D eigenvalue weighted by molar-refractivity contribution is 8.14. The minimum atomic E-state index is -0.567. The van der Waals surface area contributed by atoms with Crippen molar-refractivity contribution in [1.82, 2.24) is 10.9 Å². The summed E-state index contributed by atoms with van der Waals surface area (Å²) in [5.74, 6) is 11.6. The van der Waals surface area contributed by atoms with Crippen LogP contribution in [0.25, 0.3) is 0 Å². The molecule has 0 saturated carbocycles. The Morgan fingerprint density at radius 3 is 2.50 bits per heavy atom. The molecule has 26 heavy (non-hydrogen) atoms. The molecule has 0 radical (unpaired) electrons. The van der Waals surface area contributed by atoms with E-state index >= 15 is 0 Å². The van der Waals surface area contributed by atoms with Gasteiger partial charge in [-0.05, 0) is 36.6 Å². The molecule has 2 aromatic carbocycles. The molecule has 8 heteroatoms. The normalized spacial score (nSPS) is 12.5. The first kappa shape index (κ1) is 19.8. The van der Waals surface area contributed by atoms with Crippen molar-refractivity contribution in [1.29, 1.82) is 0 Å². The molecule has 7 nitrogen and oxygen atoms in total. The number of nitrogens with zero attached hydrogens (tertiary/aromatic N) is 2. The molecule has 0 saturated heterocycles. The van der Waals surface area contributed by atoms with Gasteiger partial charge in [0.1, 0.15) is 5.25 Å². The van der Waals surface area contributed by atoms with Crippen LogP contribution in [0.15, 0.2) is 53.6 Å². The van der Waals surface area contributed by atoms with E-state index in [1.54, 1.807) is 7.05 Å². The molecule has 0 aromatic heterocycles. The Hall–Kier alpha value is -2.55. The van der Waals surface area contributed by atoms with Crippen LogP contribution in [0.3, 0.4) is 0 Å². The Kier molecular flexibility index (Phi) is 7.02. The van der Waals surface area contributed by atoms with Crippen LogP contribution in [-0.4, -0.2) is 18.1 Å². The third-order valence-corrected chi connectivity index (χ3v) is 4.99. The highest BCUT2D eigenvalue weighted by atomic mass is 32.2. The molecular formula is C18H24N6OS. The smallest absolute Gasteiger partial charge is 0.252 e.